The summed E-state index contributed by atoms with van der Waals surface area (Å²) < 4.78 is 48.7. The highest BCUT2D eigenvalue weighted by Crippen LogP contribution is 2.37. The molecule has 0 spiro atoms. The third kappa shape index (κ3) is 2.04. The number of anilines is 1. The minimum Gasteiger partial charge on any atom is -0.446 e. The molecule has 1 unspecified atom stereocenters. The summed E-state index contributed by atoms with van der Waals surface area (Å²) in [6, 6.07) is 0.552. The summed E-state index contributed by atoms with van der Waals surface area (Å²) >= 11 is 0. The summed E-state index contributed by atoms with van der Waals surface area (Å²) in [6.07, 6.45) is 3.58. The van der Waals surface area contributed by atoms with Crippen molar-refractivity contribution in [3.63, 3.8) is 0 Å². The molecule has 124 valence electrons. The van der Waals surface area contributed by atoms with Gasteiger partial charge in [-0.3, -0.25) is 0 Å². The third-order valence-electron chi connectivity index (χ3n) is 3.82. The molecule has 7 nitrogen and oxygen atoms in total. The number of fused-ring (bicyclic) bond motifs is 1. The quantitative estimate of drug-likeness (QED) is 0.782. The Kier molecular flexibility index (Phi) is 3.37. The van der Waals surface area contributed by atoms with E-state index in [-0.39, 0.29) is 36.6 Å². The van der Waals surface area contributed by atoms with Gasteiger partial charge in [-0.05, 0) is 6.07 Å². The molecule has 9 heteroatoms. The predicted molar refractivity (Wildman–Crippen MR) is 75.0 cm³/mol. The topological polar surface area (TPSA) is 74.0 Å². The highest BCUT2D eigenvalue weighted by molar-refractivity contribution is 6.00. The van der Waals surface area contributed by atoms with Crippen LogP contribution in [0.4, 0.5) is 19.4 Å². The standard InChI is InChI=1S/C15H10F2N2O5/c1-2-7-6-23-15(20)19(7)13-9-5-8(14-21-3-4-22-14)10(16)11(17)12(9)24-18-13/h1,5,7,14H,3-4,6H2. The molecule has 24 heavy (non-hydrogen) atoms. The number of carbonyl (C=O) groups excluding carboxylic acids is 1. The number of rotatable bonds is 2. The van der Waals surface area contributed by atoms with Gasteiger partial charge >= 0.3 is 6.09 Å². The first kappa shape index (κ1) is 14.9. The summed E-state index contributed by atoms with van der Waals surface area (Å²) in [5.74, 6) is -0.0763. The maximum Gasteiger partial charge on any atom is 0.416 e. The molecular weight excluding hydrogens is 326 g/mol. The highest BCUT2D eigenvalue weighted by atomic mass is 19.2. The number of amides is 1. The molecule has 0 aliphatic carbocycles. The van der Waals surface area contributed by atoms with Crippen molar-refractivity contribution in [3.8, 4) is 12.3 Å². The molecule has 0 N–H and O–H groups in total. The number of cyclic esters (lactones) is 1. The zero-order valence-corrected chi connectivity index (χ0v) is 12.1. The summed E-state index contributed by atoms with van der Waals surface area (Å²) in [7, 11) is 0. The average Bonchev–Trinajstić information content (AvgIpc) is 3.29. The monoisotopic (exact) mass is 336 g/mol. The van der Waals surface area contributed by atoms with Crippen LogP contribution >= 0.6 is 0 Å². The lowest BCUT2D eigenvalue weighted by atomic mass is 10.1. The van der Waals surface area contributed by atoms with Gasteiger partial charge in [-0.1, -0.05) is 11.1 Å². The van der Waals surface area contributed by atoms with Crippen LogP contribution in [0.2, 0.25) is 0 Å². The average molecular weight is 336 g/mol. The van der Waals surface area contributed by atoms with Crippen LogP contribution in [0.3, 0.4) is 0 Å². The Bertz CT molecular complexity index is 869. The van der Waals surface area contributed by atoms with E-state index < -0.39 is 35.6 Å². The fourth-order valence-corrected chi connectivity index (χ4v) is 2.68. The minimum atomic E-state index is -1.25. The Morgan fingerprint density at radius 3 is 2.75 bits per heavy atom. The van der Waals surface area contributed by atoms with Crippen molar-refractivity contribution in [1.29, 1.82) is 0 Å². The Balaban J connectivity index is 1.89. The van der Waals surface area contributed by atoms with E-state index in [9.17, 15) is 13.6 Å². The molecule has 2 saturated heterocycles. The molecular formula is C15H10F2N2O5. The highest BCUT2D eigenvalue weighted by Gasteiger charge is 2.38. The van der Waals surface area contributed by atoms with Gasteiger partial charge < -0.3 is 18.7 Å². The molecule has 2 aliphatic rings. The van der Waals surface area contributed by atoms with Crippen molar-refractivity contribution < 1.29 is 32.3 Å². The number of nitrogens with zero attached hydrogens (tertiary/aromatic N) is 2. The van der Waals surface area contributed by atoms with Gasteiger partial charge in [-0.25, -0.2) is 14.1 Å². The van der Waals surface area contributed by atoms with Crippen molar-refractivity contribution in [2.45, 2.75) is 12.3 Å². The number of carbonyl (C=O) groups is 1. The van der Waals surface area contributed by atoms with Crippen LogP contribution in [0.25, 0.3) is 11.0 Å². The second-order valence-electron chi connectivity index (χ2n) is 5.18. The van der Waals surface area contributed by atoms with Crippen molar-refractivity contribution >= 4 is 22.9 Å². The lowest BCUT2D eigenvalue weighted by Crippen LogP contribution is -2.32. The normalized spacial score (nSPS) is 21.5. The summed E-state index contributed by atoms with van der Waals surface area (Å²) in [5.41, 5.74) is -0.577. The van der Waals surface area contributed by atoms with E-state index in [2.05, 4.69) is 11.1 Å². The van der Waals surface area contributed by atoms with Crippen LogP contribution in [0.5, 0.6) is 0 Å². The zero-order valence-electron chi connectivity index (χ0n) is 12.1. The fourth-order valence-electron chi connectivity index (χ4n) is 2.68. The second kappa shape index (κ2) is 5.43. The summed E-state index contributed by atoms with van der Waals surface area (Å²) in [6.45, 7) is 0.491. The SMILES string of the molecule is C#CC1COC(=O)N1c1noc2c(F)c(F)c(C3OCCO3)cc12. The fraction of sp³-hybridized carbons (Fsp3) is 0.333. The third-order valence-corrected chi connectivity index (χ3v) is 3.82. The maximum absolute atomic E-state index is 14.3. The first-order valence-corrected chi connectivity index (χ1v) is 7.04. The molecule has 2 aliphatic heterocycles. The number of terminal acetylenes is 1. The van der Waals surface area contributed by atoms with E-state index in [1.165, 1.54) is 6.07 Å². The van der Waals surface area contributed by atoms with Crippen molar-refractivity contribution in [3.05, 3.63) is 23.3 Å². The van der Waals surface area contributed by atoms with E-state index in [0.29, 0.717) is 0 Å². The molecule has 4 rings (SSSR count). The molecule has 1 amide bonds. The zero-order chi connectivity index (χ0) is 16.8. The van der Waals surface area contributed by atoms with Crippen LogP contribution in [-0.2, 0) is 14.2 Å². The lowest BCUT2D eigenvalue weighted by Gasteiger charge is -2.15. The smallest absolute Gasteiger partial charge is 0.416 e. The maximum atomic E-state index is 14.3. The number of halogens is 2. The molecule has 1 aromatic carbocycles. The van der Waals surface area contributed by atoms with Crippen molar-refractivity contribution in [2.24, 2.45) is 0 Å². The number of hydrogen-bond acceptors (Lipinski definition) is 6. The Morgan fingerprint density at radius 1 is 1.29 bits per heavy atom. The minimum absolute atomic E-state index is 0.0327. The van der Waals surface area contributed by atoms with E-state index in [1.54, 1.807) is 0 Å². The molecule has 2 aromatic rings. The van der Waals surface area contributed by atoms with Gasteiger partial charge in [-0.15, -0.1) is 6.42 Å². The Hall–Kier alpha value is -2.70. The number of aromatic nitrogens is 1. The lowest BCUT2D eigenvalue weighted by molar-refractivity contribution is -0.0467. The van der Waals surface area contributed by atoms with Crippen LogP contribution in [0, 0.1) is 24.0 Å². The van der Waals surface area contributed by atoms with E-state index >= 15 is 0 Å². The number of hydrogen-bond donors (Lipinski definition) is 0. The number of ether oxygens (including phenoxy) is 3. The largest absolute Gasteiger partial charge is 0.446 e. The van der Waals surface area contributed by atoms with E-state index in [1.807, 2.05) is 0 Å². The molecule has 1 aromatic heterocycles. The predicted octanol–water partition coefficient (Wildman–Crippen LogP) is 2.11. The van der Waals surface area contributed by atoms with Gasteiger partial charge in [0.15, 0.2) is 17.9 Å². The first-order valence-electron chi connectivity index (χ1n) is 7.04. The Morgan fingerprint density at radius 2 is 2.04 bits per heavy atom. The van der Waals surface area contributed by atoms with Gasteiger partial charge in [0, 0.05) is 5.56 Å². The first-order chi connectivity index (χ1) is 11.6. The number of benzene rings is 1. The summed E-state index contributed by atoms with van der Waals surface area (Å²) in [5, 5.41) is 3.73. The van der Waals surface area contributed by atoms with E-state index in [4.69, 9.17) is 25.2 Å². The van der Waals surface area contributed by atoms with Gasteiger partial charge in [0.1, 0.15) is 12.6 Å². The van der Waals surface area contributed by atoms with Crippen molar-refractivity contribution in [2.75, 3.05) is 24.7 Å². The van der Waals surface area contributed by atoms with Crippen LogP contribution < -0.4 is 4.90 Å². The molecule has 3 heterocycles. The Labute approximate surface area is 134 Å². The molecule has 2 fully saturated rings. The van der Waals surface area contributed by atoms with Crippen molar-refractivity contribution in [1.82, 2.24) is 5.16 Å². The van der Waals surface area contributed by atoms with Gasteiger partial charge in [-0.2, -0.15) is 4.39 Å². The van der Waals surface area contributed by atoms with Gasteiger partial charge in [0.05, 0.1) is 18.6 Å². The van der Waals surface area contributed by atoms with E-state index in [0.717, 1.165) is 4.90 Å². The second-order valence-corrected chi connectivity index (χ2v) is 5.18. The van der Waals surface area contributed by atoms with Crippen LogP contribution in [0.1, 0.15) is 11.9 Å². The van der Waals surface area contributed by atoms with Gasteiger partial charge in [0.2, 0.25) is 11.4 Å². The van der Waals surface area contributed by atoms with Crippen LogP contribution in [0.15, 0.2) is 10.6 Å². The molecule has 0 saturated carbocycles. The summed E-state index contributed by atoms with van der Waals surface area (Å²) in [4.78, 5) is 12.9. The molecule has 0 bridgehead atoms. The molecule has 1 atom stereocenters. The van der Waals surface area contributed by atoms with Gasteiger partial charge in [0.25, 0.3) is 0 Å². The molecule has 0 radical (unpaired) electrons. The van der Waals surface area contributed by atoms with Crippen LogP contribution in [-0.4, -0.2) is 37.1 Å².